The molecule has 0 fully saturated rings. The SMILES string of the molecule is O=C(O)c1ccccc1.O=c1cc(-c2ccccc2)oc2ccccc12. The van der Waals surface area contributed by atoms with Crippen LogP contribution < -0.4 is 5.43 Å². The summed E-state index contributed by atoms with van der Waals surface area (Å²) in [5, 5.41) is 9.00. The van der Waals surface area contributed by atoms with Gasteiger partial charge in [0, 0.05) is 11.6 Å². The first-order valence-electron chi connectivity index (χ1n) is 8.02. The highest BCUT2D eigenvalue weighted by atomic mass is 16.4. The number of para-hydroxylation sites is 1. The summed E-state index contributed by atoms with van der Waals surface area (Å²) in [6.45, 7) is 0. The Morgan fingerprint density at radius 3 is 1.96 bits per heavy atom. The Hall–Kier alpha value is -3.66. The Morgan fingerprint density at radius 1 is 0.769 bits per heavy atom. The fraction of sp³-hybridized carbons (Fsp3) is 0. The molecule has 0 spiro atoms. The molecule has 0 saturated carbocycles. The molecule has 0 saturated heterocycles. The van der Waals surface area contributed by atoms with Gasteiger partial charge in [-0.25, -0.2) is 4.79 Å². The number of fused-ring (bicyclic) bond motifs is 1. The standard InChI is InChI=1S/C15H10O2.C7H6O2/c16-13-10-15(11-6-2-1-3-7-11)17-14-9-5-4-8-12(13)14;8-7(9)6-4-2-1-3-5-6/h1-10H;1-5H,(H,8,9). The molecule has 0 unspecified atom stereocenters. The van der Waals surface area contributed by atoms with Crippen LogP contribution in [0.25, 0.3) is 22.3 Å². The Morgan fingerprint density at radius 2 is 1.35 bits per heavy atom. The quantitative estimate of drug-likeness (QED) is 0.565. The van der Waals surface area contributed by atoms with Crippen LogP contribution in [0.5, 0.6) is 0 Å². The summed E-state index contributed by atoms with van der Waals surface area (Å²) in [4.78, 5) is 22.1. The summed E-state index contributed by atoms with van der Waals surface area (Å²) >= 11 is 0. The molecule has 1 heterocycles. The molecule has 4 aromatic rings. The zero-order valence-corrected chi connectivity index (χ0v) is 13.8. The second-order valence-electron chi connectivity index (χ2n) is 5.51. The lowest BCUT2D eigenvalue weighted by molar-refractivity contribution is 0.0697. The molecular formula is C22H16O4. The highest BCUT2D eigenvalue weighted by Gasteiger charge is 2.05. The van der Waals surface area contributed by atoms with Gasteiger partial charge < -0.3 is 9.52 Å². The summed E-state index contributed by atoms with van der Waals surface area (Å²) in [5.41, 5.74) is 1.86. The van der Waals surface area contributed by atoms with E-state index in [9.17, 15) is 9.59 Å². The number of hydrogen-bond acceptors (Lipinski definition) is 3. The van der Waals surface area contributed by atoms with Gasteiger partial charge in [0.2, 0.25) is 0 Å². The van der Waals surface area contributed by atoms with Gasteiger partial charge >= 0.3 is 5.97 Å². The summed E-state index contributed by atoms with van der Waals surface area (Å²) in [6, 6.07) is 26.7. The van der Waals surface area contributed by atoms with Crippen LogP contribution in [0.3, 0.4) is 0 Å². The van der Waals surface area contributed by atoms with Crippen LogP contribution in [0.1, 0.15) is 10.4 Å². The maximum Gasteiger partial charge on any atom is 0.335 e. The molecule has 1 N–H and O–H groups in total. The number of aromatic carboxylic acids is 1. The van der Waals surface area contributed by atoms with Crippen molar-refractivity contribution in [2.75, 3.05) is 0 Å². The summed E-state index contributed by atoms with van der Waals surface area (Å²) in [5.74, 6) is -0.273. The number of rotatable bonds is 2. The van der Waals surface area contributed by atoms with Gasteiger partial charge in [-0.05, 0) is 24.3 Å². The zero-order chi connectivity index (χ0) is 18.4. The van der Waals surface area contributed by atoms with Crippen LogP contribution in [0.2, 0.25) is 0 Å². The number of hydrogen-bond donors (Lipinski definition) is 1. The van der Waals surface area contributed by atoms with Crippen molar-refractivity contribution in [2.24, 2.45) is 0 Å². The summed E-state index contributed by atoms with van der Waals surface area (Å²) < 4.78 is 5.73. The second-order valence-corrected chi connectivity index (χ2v) is 5.51. The van der Waals surface area contributed by atoms with Crippen molar-refractivity contribution in [3.05, 3.63) is 107 Å². The van der Waals surface area contributed by atoms with E-state index in [-0.39, 0.29) is 5.43 Å². The third-order valence-electron chi connectivity index (χ3n) is 3.71. The van der Waals surface area contributed by atoms with Gasteiger partial charge in [-0.15, -0.1) is 0 Å². The van der Waals surface area contributed by atoms with E-state index in [1.807, 2.05) is 48.5 Å². The van der Waals surface area contributed by atoms with Crippen molar-refractivity contribution in [3.8, 4) is 11.3 Å². The van der Waals surface area contributed by atoms with Crippen LogP contribution in [0.4, 0.5) is 0 Å². The molecule has 4 heteroatoms. The van der Waals surface area contributed by atoms with Crippen LogP contribution in [-0.4, -0.2) is 11.1 Å². The molecule has 1 aromatic heterocycles. The molecule has 128 valence electrons. The molecule has 4 rings (SSSR count). The highest BCUT2D eigenvalue weighted by molar-refractivity contribution is 5.87. The first kappa shape index (κ1) is 17.2. The van der Waals surface area contributed by atoms with Crippen LogP contribution in [-0.2, 0) is 0 Å². The molecule has 4 nitrogen and oxygen atoms in total. The first-order valence-corrected chi connectivity index (χ1v) is 8.02. The molecule has 0 atom stereocenters. The Labute approximate surface area is 150 Å². The molecule has 0 aliphatic rings. The Bertz CT molecular complexity index is 1070. The van der Waals surface area contributed by atoms with Crippen LogP contribution >= 0.6 is 0 Å². The van der Waals surface area contributed by atoms with E-state index >= 15 is 0 Å². The molecule has 0 aliphatic carbocycles. The average Bonchev–Trinajstić information content (AvgIpc) is 2.70. The number of carboxylic acids is 1. The van der Waals surface area contributed by atoms with Gasteiger partial charge in [-0.2, -0.15) is 0 Å². The van der Waals surface area contributed by atoms with Gasteiger partial charge in [-0.1, -0.05) is 60.7 Å². The minimum Gasteiger partial charge on any atom is -0.478 e. The van der Waals surface area contributed by atoms with Crippen LogP contribution in [0.15, 0.2) is 100 Å². The molecule has 3 aromatic carbocycles. The van der Waals surface area contributed by atoms with E-state index in [2.05, 4.69) is 0 Å². The molecular weight excluding hydrogens is 328 g/mol. The lowest BCUT2D eigenvalue weighted by atomic mass is 10.1. The van der Waals surface area contributed by atoms with E-state index in [1.165, 1.54) is 6.07 Å². The lowest BCUT2D eigenvalue weighted by Gasteiger charge is -2.02. The predicted octanol–water partition coefficient (Wildman–Crippen LogP) is 4.84. The topological polar surface area (TPSA) is 67.5 Å². The number of carbonyl (C=O) groups is 1. The van der Waals surface area contributed by atoms with Crippen molar-refractivity contribution in [1.29, 1.82) is 0 Å². The van der Waals surface area contributed by atoms with Crippen LogP contribution in [0, 0.1) is 0 Å². The fourth-order valence-electron chi connectivity index (χ4n) is 2.43. The van der Waals surface area contributed by atoms with E-state index < -0.39 is 5.97 Å². The Balaban J connectivity index is 0.000000185. The van der Waals surface area contributed by atoms with E-state index in [1.54, 1.807) is 36.4 Å². The highest BCUT2D eigenvalue weighted by Crippen LogP contribution is 2.21. The van der Waals surface area contributed by atoms with E-state index in [4.69, 9.17) is 9.52 Å². The molecule has 0 radical (unpaired) electrons. The molecule has 0 amide bonds. The van der Waals surface area contributed by atoms with Gasteiger partial charge in [0.1, 0.15) is 11.3 Å². The van der Waals surface area contributed by atoms with E-state index in [0.717, 1.165) is 5.56 Å². The maximum absolute atomic E-state index is 11.9. The lowest BCUT2D eigenvalue weighted by Crippen LogP contribution is -1.99. The predicted molar refractivity (Wildman–Crippen MR) is 101 cm³/mol. The van der Waals surface area contributed by atoms with Crippen molar-refractivity contribution < 1.29 is 14.3 Å². The monoisotopic (exact) mass is 344 g/mol. The third-order valence-corrected chi connectivity index (χ3v) is 3.71. The fourth-order valence-corrected chi connectivity index (χ4v) is 2.43. The zero-order valence-electron chi connectivity index (χ0n) is 13.8. The van der Waals surface area contributed by atoms with Crippen molar-refractivity contribution >= 4 is 16.9 Å². The van der Waals surface area contributed by atoms with E-state index in [0.29, 0.717) is 22.3 Å². The summed E-state index contributed by atoms with van der Waals surface area (Å²) in [7, 11) is 0. The minimum atomic E-state index is -0.879. The molecule has 26 heavy (non-hydrogen) atoms. The van der Waals surface area contributed by atoms with Gasteiger partial charge in [0.15, 0.2) is 5.43 Å². The largest absolute Gasteiger partial charge is 0.478 e. The van der Waals surface area contributed by atoms with Gasteiger partial charge in [-0.3, -0.25) is 4.79 Å². The number of benzene rings is 3. The average molecular weight is 344 g/mol. The first-order chi connectivity index (χ1) is 12.6. The minimum absolute atomic E-state index is 0.00861. The molecule has 0 bridgehead atoms. The van der Waals surface area contributed by atoms with Crippen molar-refractivity contribution in [1.82, 2.24) is 0 Å². The molecule has 0 aliphatic heterocycles. The maximum atomic E-state index is 11.9. The van der Waals surface area contributed by atoms with Crippen molar-refractivity contribution in [3.63, 3.8) is 0 Å². The normalized spacial score (nSPS) is 10.0. The number of carboxylic acid groups (broad SMARTS) is 1. The smallest absolute Gasteiger partial charge is 0.335 e. The summed E-state index contributed by atoms with van der Waals surface area (Å²) in [6.07, 6.45) is 0. The third kappa shape index (κ3) is 4.05. The van der Waals surface area contributed by atoms with Crippen molar-refractivity contribution in [2.45, 2.75) is 0 Å². The van der Waals surface area contributed by atoms with Gasteiger partial charge in [0.05, 0.1) is 10.9 Å². The van der Waals surface area contributed by atoms with Gasteiger partial charge in [0.25, 0.3) is 0 Å². The second kappa shape index (κ2) is 7.94. The Kier molecular flexibility index (Phi) is 5.25.